The van der Waals surface area contributed by atoms with Crippen molar-refractivity contribution in [3.05, 3.63) is 11.9 Å². The topological polar surface area (TPSA) is 191 Å². The van der Waals surface area contributed by atoms with E-state index >= 15 is 0 Å². The van der Waals surface area contributed by atoms with E-state index in [-0.39, 0.29) is 31.6 Å². The Kier molecular flexibility index (Phi) is 16.6. The third kappa shape index (κ3) is 11.1. The lowest BCUT2D eigenvalue weighted by Gasteiger charge is -2.47. The van der Waals surface area contributed by atoms with Crippen LogP contribution in [0.15, 0.2) is 11.4 Å². The summed E-state index contributed by atoms with van der Waals surface area (Å²) < 4.78 is 26.7. The second-order valence-corrected chi connectivity index (χ2v) is 16.3. The quantitative estimate of drug-likeness (QED) is 0.0886. The maximum absolute atomic E-state index is 14.2. The number of aliphatic hydroxyl groups is 3. The second kappa shape index (κ2) is 19.6. The Morgan fingerprint density at radius 3 is 2.33 bits per heavy atom. The van der Waals surface area contributed by atoms with Crippen LogP contribution in [0.5, 0.6) is 0 Å². The van der Waals surface area contributed by atoms with Crippen molar-refractivity contribution in [3.63, 3.8) is 0 Å². The minimum atomic E-state index is -1.90. The van der Waals surface area contributed by atoms with E-state index < -0.39 is 77.3 Å². The molecule has 13 atom stereocenters. The molecule has 0 spiro atoms. The number of carbonyl (C=O) groups excluding carboxylic acids is 2. The number of ketones is 1. The first-order valence-electron chi connectivity index (χ1n) is 19.3. The van der Waals surface area contributed by atoms with Crippen LogP contribution in [0.3, 0.4) is 0 Å². The maximum Gasteiger partial charge on any atom is 0.316 e. The van der Waals surface area contributed by atoms with E-state index in [9.17, 15) is 24.9 Å². The number of carbonyl (C=O) groups is 2. The molecule has 3 rings (SSSR count). The van der Waals surface area contributed by atoms with Gasteiger partial charge in [-0.3, -0.25) is 9.59 Å². The molecule has 3 heterocycles. The Labute approximate surface area is 322 Å². The molecular weight excluding hydrogens is 699 g/mol. The van der Waals surface area contributed by atoms with Crippen molar-refractivity contribution >= 4 is 25.4 Å². The summed E-state index contributed by atoms with van der Waals surface area (Å²) in [6.45, 7) is 15.1. The Morgan fingerprint density at radius 1 is 1.09 bits per heavy atom. The molecule has 1 aromatic heterocycles. The van der Waals surface area contributed by atoms with Crippen LogP contribution in [-0.4, -0.2) is 167 Å². The van der Waals surface area contributed by atoms with Crippen LogP contribution < -0.4 is 0 Å². The Morgan fingerprint density at radius 2 is 1.76 bits per heavy atom. The molecule has 1 unspecified atom stereocenters. The van der Waals surface area contributed by atoms with Crippen LogP contribution in [-0.2, 0) is 39.8 Å². The molecular formula is C37H67BN6O10. The van der Waals surface area contributed by atoms with Gasteiger partial charge in [0.15, 0.2) is 12.1 Å². The van der Waals surface area contributed by atoms with Gasteiger partial charge in [0, 0.05) is 56.6 Å². The number of hydrogen-bond donors (Lipinski definition) is 3. The number of aliphatic hydroxyl groups excluding tert-OH is 2. The van der Waals surface area contributed by atoms with Crippen LogP contribution in [0, 0.1) is 23.7 Å². The summed E-state index contributed by atoms with van der Waals surface area (Å²) in [7, 11) is 9.09. The molecule has 2 fully saturated rings. The predicted octanol–water partition coefficient (Wildman–Crippen LogP) is 0.688. The number of methoxy groups -OCH3 is 1. The first-order valence-corrected chi connectivity index (χ1v) is 19.3. The summed E-state index contributed by atoms with van der Waals surface area (Å²) >= 11 is 0. The number of ether oxygens (including phenoxy) is 4. The SMILES string of the molecule is Bn1cc(CCN(C)[C@H]2C[C@@H](C)O[C@@H](OC3[C@@H](C)C(=O)[C@@H](C)C(=O)O[C@H](CC)[C@@](C)(O)[C@H](O)[C@@H](C)/C(=N/OCCN(C)C)[C@H](C)C[C@@]3(C)OC)[C@@H]2O)nn1. The number of likely N-dealkylation sites (N-methyl/N-ethyl adjacent to an activating group) is 2. The minimum Gasteiger partial charge on any atom is -0.459 e. The zero-order valence-electron chi connectivity index (χ0n) is 34.8. The molecule has 16 nitrogen and oxygen atoms in total. The molecule has 2 aliphatic heterocycles. The molecule has 0 saturated carbocycles. The zero-order valence-corrected chi connectivity index (χ0v) is 34.8. The van der Waals surface area contributed by atoms with Gasteiger partial charge >= 0.3 is 5.97 Å². The fraction of sp³-hybridized carbons (Fsp3) is 0.865. The molecule has 0 aliphatic carbocycles. The molecule has 0 aromatic carbocycles. The lowest BCUT2D eigenvalue weighted by molar-refractivity contribution is -0.295. The largest absolute Gasteiger partial charge is 0.459 e. The van der Waals surface area contributed by atoms with Crippen molar-refractivity contribution in [3.8, 4) is 0 Å². The van der Waals surface area contributed by atoms with Crippen LogP contribution >= 0.6 is 0 Å². The average Bonchev–Trinajstić information content (AvgIpc) is 3.54. The highest BCUT2D eigenvalue weighted by Crippen LogP contribution is 2.38. The predicted molar refractivity (Wildman–Crippen MR) is 204 cm³/mol. The monoisotopic (exact) mass is 767 g/mol. The lowest BCUT2D eigenvalue weighted by atomic mass is 9.74. The number of nitrogens with zero attached hydrogens (tertiary/aromatic N) is 6. The van der Waals surface area contributed by atoms with E-state index in [1.807, 2.05) is 61.0 Å². The van der Waals surface area contributed by atoms with Gasteiger partial charge in [0.25, 0.3) is 7.98 Å². The number of oxime groups is 1. The van der Waals surface area contributed by atoms with Crippen molar-refractivity contribution in [2.24, 2.45) is 28.8 Å². The summed E-state index contributed by atoms with van der Waals surface area (Å²) in [6, 6.07) is -0.347. The van der Waals surface area contributed by atoms with Gasteiger partial charge < -0.3 is 53.5 Å². The molecule has 3 N–H and O–H groups in total. The summed E-state index contributed by atoms with van der Waals surface area (Å²) in [6.07, 6.45) is -2.73. The Bertz CT molecular complexity index is 1400. The van der Waals surface area contributed by atoms with Gasteiger partial charge in [0.2, 0.25) is 0 Å². The molecule has 0 bridgehead atoms. The normalized spacial score (nSPS) is 38.5. The average molecular weight is 767 g/mol. The van der Waals surface area contributed by atoms with Crippen molar-refractivity contribution in [1.29, 1.82) is 0 Å². The molecule has 2 saturated heterocycles. The van der Waals surface area contributed by atoms with Gasteiger partial charge in [0.1, 0.15) is 30.3 Å². The van der Waals surface area contributed by atoms with Crippen LogP contribution in [0.1, 0.15) is 80.3 Å². The van der Waals surface area contributed by atoms with Gasteiger partial charge in [0.05, 0.1) is 35.3 Å². The number of Topliss-reactive ketones (excluding diaryl/α,β-unsaturated/α-hetero) is 1. The number of hydrogen-bond acceptors (Lipinski definition) is 15. The molecule has 2 aliphatic rings. The van der Waals surface area contributed by atoms with E-state index in [4.69, 9.17) is 23.8 Å². The first-order chi connectivity index (χ1) is 25.2. The fourth-order valence-corrected chi connectivity index (χ4v) is 7.85. The van der Waals surface area contributed by atoms with Crippen molar-refractivity contribution in [1.82, 2.24) is 24.7 Å². The Balaban J connectivity index is 2.06. The van der Waals surface area contributed by atoms with Crippen molar-refractivity contribution in [2.75, 3.05) is 47.9 Å². The second-order valence-electron chi connectivity index (χ2n) is 16.3. The van der Waals surface area contributed by atoms with Crippen LogP contribution in [0.2, 0.25) is 0 Å². The summed E-state index contributed by atoms with van der Waals surface area (Å²) in [5.74, 6) is -4.71. The lowest BCUT2D eigenvalue weighted by Crippen LogP contribution is -2.60. The number of esters is 1. The van der Waals surface area contributed by atoms with Gasteiger partial charge in [-0.05, 0) is 68.1 Å². The third-order valence-corrected chi connectivity index (χ3v) is 11.4. The van der Waals surface area contributed by atoms with E-state index in [0.717, 1.165) is 5.69 Å². The van der Waals surface area contributed by atoms with Gasteiger partial charge in [-0.15, -0.1) is 5.10 Å². The smallest absolute Gasteiger partial charge is 0.316 e. The van der Waals surface area contributed by atoms with Crippen LogP contribution in [0.4, 0.5) is 0 Å². The number of cyclic esters (lactones) is 1. The Hall–Kier alpha value is -2.51. The molecule has 17 heteroatoms. The first kappa shape index (κ1) is 45.9. The van der Waals surface area contributed by atoms with Crippen molar-refractivity contribution < 1.29 is 48.7 Å². The maximum atomic E-state index is 14.2. The highest BCUT2D eigenvalue weighted by Gasteiger charge is 2.51. The molecule has 0 radical (unpaired) electrons. The van der Waals surface area contributed by atoms with E-state index in [1.54, 1.807) is 25.4 Å². The number of aromatic nitrogens is 3. The minimum absolute atomic E-state index is 0.178. The van der Waals surface area contributed by atoms with E-state index in [1.165, 1.54) is 21.0 Å². The number of rotatable bonds is 12. The van der Waals surface area contributed by atoms with Crippen LogP contribution in [0.25, 0.3) is 0 Å². The summed E-state index contributed by atoms with van der Waals surface area (Å²) in [5.41, 5.74) is -1.85. The molecule has 0 amide bonds. The molecule has 308 valence electrons. The van der Waals surface area contributed by atoms with Gasteiger partial charge in [-0.2, -0.15) is 0 Å². The van der Waals surface area contributed by atoms with Gasteiger partial charge in [-0.25, -0.2) is 0 Å². The fourth-order valence-electron chi connectivity index (χ4n) is 7.85. The summed E-state index contributed by atoms with van der Waals surface area (Å²) in [4.78, 5) is 37.6. The van der Waals surface area contributed by atoms with Gasteiger partial charge in [-0.1, -0.05) is 38.1 Å². The highest BCUT2D eigenvalue weighted by molar-refractivity contribution is 6.05. The van der Waals surface area contributed by atoms with E-state index in [0.29, 0.717) is 31.6 Å². The highest BCUT2D eigenvalue weighted by atomic mass is 16.7. The zero-order chi connectivity index (χ0) is 40.7. The molecule has 1 aromatic rings. The third-order valence-electron chi connectivity index (χ3n) is 11.4. The summed E-state index contributed by atoms with van der Waals surface area (Å²) in [5, 5.41) is 48.0. The standard InChI is InChI=1S/C37H67BN6O10/c1-13-28-37(8,49)32(47)23(4)29(40-51-17-16-42(9)10)21(2)19-36(7,50-12)33(24(5)30(45)25(6)34(48)53-28)54-35-31(46)27(18-22(3)52-35)43(11)15-14-26-20-44(38)41-39-26/h20-25,27-28,31-33,35,46-47,49H,13-19,38H2,1-12H3/b40-29+/t21-,22-,23+,24+,25-,27+,28-,31-,32-,33?,35+,36-,37-/m1/s1. The molecule has 54 heavy (non-hydrogen) atoms. The van der Waals surface area contributed by atoms with Crippen molar-refractivity contribution in [2.45, 2.75) is 135 Å². The van der Waals surface area contributed by atoms with E-state index in [2.05, 4.69) is 20.4 Å².